The van der Waals surface area contributed by atoms with E-state index >= 15 is 0 Å². The molecule has 3 N–H and O–H groups in total. The Kier molecular flexibility index (Phi) is 9.89. The van der Waals surface area contributed by atoms with Crippen LogP contribution < -0.4 is 15.4 Å². The van der Waals surface area contributed by atoms with Gasteiger partial charge in [-0.2, -0.15) is 22.0 Å². The van der Waals surface area contributed by atoms with E-state index in [-0.39, 0.29) is 40.8 Å². The highest BCUT2D eigenvalue weighted by Crippen LogP contribution is 2.37. The second-order valence-corrected chi connectivity index (χ2v) is 13.6. The van der Waals surface area contributed by atoms with Gasteiger partial charge in [0.2, 0.25) is 5.91 Å². The summed E-state index contributed by atoms with van der Waals surface area (Å²) in [7, 11) is -3.48. The molecule has 3 atom stereocenters. The van der Waals surface area contributed by atoms with Crippen molar-refractivity contribution in [2.75, 3.05) is 30.4 Å². The molecule has 0 aromatic heterocycles. The zero-order valence-corrected chi connectivity index (χ0v) is 25.3. The van der Waals surface area contributed by atoms with Crippen molar-refractivity contribution in [1.29, 1.82) is 0 Å². The number of carbonyl (C=O) groups excluding carboxylic acids is 1. The number of rotatable bonds is 13. The van der Waals surface area contributed by atoms with Crippen molar-refractivity contribution in [2.45, 2.75) is 55.0 Å². The summed E-state index contributed by atoms with van der Waals surface area (Å²) in [4.78, 5) is 14.3. The SMILES string of the molecule is NC(=O)c1ccc(N2C[C@@H](Oc3ccc(C(F)(F)F)cc3)C[C@H]2COC(F)F)cc1[C@H](CO)c1ccc(S(=O)(=O)CC2CC2)cc1. The summed E-state index contributed by atoms with van der Waals surface area (Å²) >= 11 is 0. The van der Waals surface area contributed by atoms with Crippen molar-refractivity contribution < 1.29 is 49.7 Å². The zero-order chi connectivity index (χ0) is 33.2. The van der Waals surface area contributed by atoms with E-state index < -0.39 is 65.4 Å². The average molecular weight is 669 g/mol. The highest BCUT2D eigenvalue weighted by molar-refractivity contribution is 7.91. The Labute approximate surface area is 262 Å². The first-order valence-electron chi connectivity index (χ1n) is 14.6. The number of sulfone groups is 1. The first kappa shape index (κ1) is 33.6. The van der Waals surface area contributed by atoms with E-state index in [1.54, 1.807) is 29.2 Å². The monoisotopic (exact) mass is 668 g/mol. The van der Waals surface area contributed by atoms with Gasteiger partial charge in [0.15, 0.2) is 9.84 Å². The quantitative estimate of drug-likeness (QED) is 0.235. The van der Waals surface area contributed by atoms with Gasteiger partial charge in [-0.25, -0.2) is 8.42 Å². The number of nitrogens with two attached hydrogens (primary N) is 1. The average Bonchev–Trinajstić information content (AvgIpc) is 3.72. The fourth-order valence-electron chi connectivity index (χ4n) is 5.76. The lowest BCUT2D eigenvalue weighted by molar-refractivity contribution is -0.137. The third-order valence-corrected chi connectivity index (χ3v) is 10.2. The normalized spacial score (nSPS) is 19.4. The first-order valence-corrected chi connectivity index (χ1v) is 16.3. The number of alkyl halides is 5. The molecule has 1 aliphatic heterocycles. The molecular weight excluding hydrogens is 635 g/mol. The molecule has 3 aromatic carbocycles. The number of hydrogen-bond acceptors (Lipinski definition) is 7. The number of primary amides is 1. The van der Waals surface area contributed by atoms with E-state index in [1.165, 1.54) is 30.3 Å². The van der Waals surface area contributed by atoms with Crippen LogP contribution >= 0.6 is 0 Å². The van der Waals surface area contributed by atoms with Crippen molar-refractivity contribution >= 4 is 21.4 Å². The molecule has 8 nitrogen and oxygen atoms in total. The summed E-state index contributed by atoms with van der Waals surface area (Å²) in [5, 5.41) is 10.4. The van der Waals surface area contributed by atoms with E-state index in [2.05, 4.69) is 4.74 Å². The van der Waals surface area contributed by atoms with Gasteiger partial charge in [-0.05, 0) is 84.5 Å². The molecule has 2 fully saturated rings. The fourth-order valence-corrected chi connectivity index (χ4v) is 7.45. The number of aliphatic hydroxyl groups is 1. The lowest BCUT2D eigenvalue weighted by atomic mass is 9.88. The van der Waals surface area contributed by atoms with Crippen LogP contribution in [0.1, 0.15) is 52.2 Å². The molecule has 0 bridgehead atoms. The number of ether oxygens (including phenoxy) is 2. The Morgan fingerprint density at radius 2 is 1.70 bits per heavy atom. The molecule has 14 heteroatoms. The highest BCUT2D eigenvalue weighted by Gasteiger charge is 2.36. The standard InChI is InChI=1S/C32H33F5N2O6S/c33-31(34)44-17-23-13-25(45-24-8-5-21(6-9-24)32(35,36)37)15-39(23)22-7-12-27(30(38)41)28(14-22)29(16-40)20-3-10-26(11-4-20)46(42,43)18-19-1-2-19/h3-12,14,19,23,25,29,31,40H,1-2,13,15-18H2,(H2,38,41)/t23-,25-,29+/m0/s1. The van der Waals surface area contributed by atoms with Crippen molar-refractivity contribution in [1.82, 2.24) is 0 Å². The van der Waals surface area contributed by atoms with Crippen LogP contribution in [0.25, 0.3) is 0 Å². The Bertz CT molecular complexity index is 1630. The van der Waals surface area contributed by atoms with Gasteiger partial charge in [-0.3, -0.25) is 4.79 Å². The van der Waals surface area contributed by atoms with Crippen molar-refractivity contribution in [3.63, 3.8) is 0 Å². The van der Waals surface area contributed by atoms with Gasteiger partial charge in [0, 0.05) is 23.6 Å². The maximum absolute atomic E-state index is 13.0. The molecule has 0 spiro atoms. The van der Waals surface area contributed by atoms with Crippen LogP contribution in [0.15, 0.2) is 71.6 Å². The van der Waals surface area contributed by atoms with Gasteiger partial charge < -0.3 is 25.2 Å². The predicted molar refractivity (Wildman–Crippen MR) is 159 cm³/mol. The lowest BCUT2D eigenvalue weighted by Crippen LogP contribution is -2.34. The largest absolute Gasteiger partial charge is 0.489 e. The number of halogens is 5. The third-order valence-electron chi connectivity index (χ3n) is 8.26. The van der Waals surface area contributed by atoms with E-state index in [9.17, 15) is 40.3 Å². The smallest absolute Gasteiger partial charge is 0.416 e. The predicted octanol–water partition coefficient (Wildman–Crippen LogP) is 5.38. The van der Waals surface area contributed by atoms with Crippen molar-refractivity contribution in [3.05, 3.63) is 89.0 Å². The third kappa shape index (κ3) is 7.96. The van der Waals surface area contributed by atoms with Gasteiger partial charge in [-0.15, -0.1) is 0 Å². The van der Waals surface area contributed by atoms with E-state index in [1.807, 2.05) is 0 Å². The Balaban J connectivity index is 1.42. The number of anilines is 1. The summed E-state index contributed by atoms with van der Waals surface area (Å²) < 4.78 is 101. The summed E-state index contributed by atoms with van der Waals surface area (Å²) in [5.41, 5.74) is 6.26. The van der Waals surface area contributed by atoms with Gasteiger partial charge >= 0.3 is 12.8 Å². The molecule has 3 aromatic rings. The molecule has 1 aliphatic carbocycles. The van der Waals surface area contributed by atoms with Crippen LogP contribution in [-0.2, 0) is 20.8 Å². The summed E-state index contributed by atoms with van der Waals surface area (Å²) in [5.74, 6) is -1.16. The van der Waals surface area contributed by atoms with Crippen molar-refractivity contribution in [2.24, 2.45) is 11.7 Å². The minimum Gasteiger partial charge on any atom is -0.489 e. The second-order valence-electron chi connectivity index (χ2n) is 11.6. The van der Waals surface area contributed by atoms with Crippen LogP contribution in [0.4, 0.5) is 27.6 Å². The summed E-state index contributed by atoms with van der Waals surface area (Å²) in [6.45, 7) is -3.75. The topological polar surface area (TPSA) is 119 Å². The molecular formula is C32H33F5N2O6S. The molecule has 46 heavy (non-hydrogen) atoms. The first-order chi connectivity index (χ1) is 21.7. The minimum absolute atomic E-state index is 0.0689. The van der Waals surface area contributed by atoms with Gasteiger partial charge in [-0.1, -0.05) is 12.1 Å². The Morgan fingerprint density at radius 1 is 1.02 bits per heavy atom. The number of benzene rings is 3. The molecule has 0 unspecified atom stereocenters. The van der Waals surface area contributed by atoms with E-state index in [0.29, 0.717) is 16.8 Å². The molecule has 5 rings (SSSR count). The number of carbonyl (C=O) groups is 1. The number of aliphatic hydroxyl groups excluding tert-OH is 1. The molecule has 248 valence electrons. The summed E-state index contributed by atoms with van der Waals surface area (Å²) in [6.07, 6.45) is -3.17. The Hall–Kier alpha value is -3.75. The van der Waals surface area contributed by atoms with Crippen LogP contribution in [0.3, 0.4) is 0 Å². The van der Waals surface area contributed by atoms with Gasteiger partial charge in [0.25, 0.3) is 0 Å². The maximum atomic E-state index is 13.0. The molecule has 1 heterocycles. The van der Waals surface area contributed by atoms with E-state index in [4.69, 9.17) is 10.5 Å². The lowest BCUT2D eigenvalue weighted by Gasteiger charge is -2.28. The molecule has 1 amide bonds. The van der Waals surface area contributed by atoms with E-state index in [0.717, 1.165) is 25.0 Å². The van der Waals surface area contributed by atoms with Crippen LogP contribution in [-0.4, -0.2) is 63.7 Å². The van der Waals surface area contributed by atoms with Crippen LogP contribution in [0.5, 0.6) is 5.75 Å². The summed E-state index contributed by atoms with van der Waals surface area (Å²) in [6, 6.07) is 14.2. The molecule has 2 aliphatic rings. The molecule has 1 saturated heterocycles. The number of amides is 1. The van der Waals surface area contributed by atoms with Gasteiger partial charge in [0.05, 0.1) is 42.0 Å². The van der Waals surface area contributed by atoms with Crippen LogP contribution in [0, 0.1) is 5.92 Å². The molecule has 1 saturated carbocycles. The van der Waals surface area contributed by atoms with Crippen molar-refractivity contribution in [3.8, 4) is 5.75 Å². The minimum atomic E-state index is -4.52. The maximum Gasteiger partial charge on any atom is 0.416 e. The zero-order valence-electron chi connectivity index (χ0n) is 24.5. The number of hydrogen-bond donors (Lipinski definition) is 2. The number of nitrogens with zero attached hydrogens (tertiary/aromatic N) is 1. The molecule has 0 radical (unpaired) electrons. The fraction of sp³-hybridized carbons (Fsp3) is 0.406. The second kappa shape index (κ2) is 13.5. The highest BCUT2D eigenvalue weighted by atomic mass is 32.2. The van der Waals surface area contributed by atoms with Crippen LogP contribution in [0.2, 0.25) is 0 Å². The Morgan fingerprint density at radius 3 is 2.26 bits per heavy atom. The van der Waals surface area contributed by atoms with Gasteiger partial charge in [0.1, 0.15) is 11.9 Å².